The van der Waals surface area contributed by atoms with Gasteiger partial charge in [0.15, 0.2) is 17.8 Å². The minimum atomic E-state index is -0.379. The second-order valence-electron chi connectivity index (χ2n) is 5.34. The predicted octanol–water partition coefficient (Wildman–Crippen LogP) is 3.00. The van der Waals surface area contributed by atoms with Gasteiger partial charge in [0.25, 0.3) is 0 Å². The van der Waals surface area contributed by atoms with Gasteiger partial charge in [-0.15, -0.1) is 0 Å². The van der Waals surface area contributed by atoms with Gasteiger partial charge in [0, 0.05) is 0 Å². The summed E-state index contributed by atoms with van der Waals surface area (Å²) >= 11 is 0. The van der Waals surface area contributed by atoms with E-state index in [2.05, 4.69) is 0 Å². The number of hydrogen-bond donors (Lipinski definition) is 1. The highest BCUT2D eigenvalue weighted by Crippen LogP contribution is 2.38. The van der Waals surface area contributed by atoms with E-state index in [1.807, 2.05) is 36.4 Å². The highest BCUT2D eigenvalue weighted by atomic mass is 19.1. The van der Waals surface area contributed by atoms with Crippen molar-refractivity contribution >= 4 is 5.69 Å². The Labute approximate surface area is 129 Å². The molecule has 22 heavy (non-hydrogen) atoms. The van der Waals surface area contributed by atoms with Crippen LogP contribution < -0.4 is 15.6 Å². The van der Waals surface area contributed by atoms with Crippen LogP contribution in [-0.2, 0) is 17.8 Å². The monoisotopic (exact) mass is 302 g/mol. The Morgan fingerprint density at radius 3 is 2.77 bits per heavy atom. The number of hydrazine groups is 1. The Morgan fingerprint density at radius 1 is 1.23 bits per heavy atom. The van der Waals surface area contributed by atoms with Gasteiger partial charge in [-0.3, -0.25) is 5.01 Å². The first kappa shape index (κ1) is 14.8. The smallest absolute Gasteiger partial charge is 0.183 e. The molecule has 0 unspecified atom stereocenters. The molecule has 4 nitrogen and oxygen atoms in total. The van der Waals surface area contributed by atoms with Crippen LogP contribution >= 0.6 is 0 Å². The molecule has 0 saturated carbocycles. The third-order valence-electron chi connectivity index (χ3n) is 3.69. The summed E-state index contributed by atoms with van der Waals surface area (Å²) in [7, 11) is 0. The van der Waals surface area contributed by atoms with Crippen LogP contribution in [0.2, 0.25) is 0 Å². The van der Waals surface area contributed by atoms with Crippen LogP contribution in [0.3, 0.4) is 0 Å². The van der Waals surface area contributed by atoms with Crippen molar-refractivity contribution in [1.29, 1.82) is 0 Å². The van der Waals surface area contributed by atoms with Gasteiger partial charge in [0.2, 0.25) is 0 Å². The Morgan fingerprint density at radius 2 is 2.00 bits per heavy atom. The molecule has 1 heterocycles. The summed E-state index contributed by atoms with van der Waals surface area (Å²) < 4.78 is 25.0. The molecule has 0 saturated heterocycles. The first-order chi connectivity index (χ1) is 10.6. The zero-order chi connectivity index (χ0) is 15.5. The average molecular weight is 302 g/mol. The number of ether oxygens (including phenoxy) is 2. The van der Waals surface area contributed by atoms with Crippen LogP contribution in [0.5, 0.6) is 5.75 Å². The summed E-state index contributed by atoms with van der Waals surface area (Å²) in [5.74, 6) is 5.72. The summed E-state index contributed by atoms with van der Waals surface area (Å²) in [6.45, 7) is 2.85. The standard InChI is InChI=1S/C17H19FN2O2/c1-12-20(19)16-10-14(9-15(18)17(16)22-12)7-8-21-11-13-5-3-2-4-6-13/h2-6,9-10,12H,7-8,11,19H2,1H3/t12-/m1/s1. The summed E-state index contributed by atoms with van der Waals surface area (Å²) in [5.41, 5.74) is 2.56. The van der Waals surface area contributed by atoms with E-state index in [4.69, 9.17) is 15.3 Å². The minimum absolute atomic E-state index is 0.226. The summed E-state index contributed by atoms with van der Waals surface area (Å²) in [4.78, 5) is 0. The Kier molecular flexibility index (Phi) is 4.27. The number of fused-ring (bicyclic) bond motifs is 1. The molecule has 2 N–H and O–H groups in total. The lowest BCUT2D eigenvalue weighted by Crippen LogP contribution is -2.37. The lowest BCUT2D eigenvalue weighted by atomic mass is 10.1. The fourth-order valence-corrected chi connectivity index (χ4v) is 2.46. The van der Waals surface area contributed by atoms with Gasteiger partial charge in [-0.25, -0.2) is 10.2 Å². The highest BCUT2D eigenvalue weighted by Gasteiger charge is 2.28. The molecule has 2 aromatic rings. The number of nitrogens with two attached hydrogens (primary N) is 1. The van der Waals surface area contributed by atoms with Gasteiger partial charge in [0.05, 0.1) is 13.2 Å². The number of hydrogen-bond acceptors (Lipinski definition) is 4. The molecular weight excluding hydrogens is 283 g/mol. The topological polar surface area (TPSA) is 47.7 Å². The molecule has 1 aliphatic heterocycles. The maximum Gasteiger partial charge on any atom is 0.183 e. The quantitative estimate of drug-likeness (QED) is 0.681. The lowest BCUT2D eigenvalue weighted by Gasteiger charge is -2.15. The third-order valence-corrected chi connectivity index (χ3v) is 3.69. The molecule has 0 fully saturated rings. The van der Waals surface area contributed by atoms with E-state index in [-0.39, 0.29) is 17.8 Å². The third kappa shape index (κ3) is 3.05. The Bertz CT molecular complexity index is 649. The van der Waals surface area contributed by atoms with Crippen molar-refractivity contribution in [2.24, 2.45) is 5.84 Å². The van der Waals surface area contributed by atoms with E-state index in [1.165, 1.54) is 11.1 Å². The van der Waals surface area contributed by atoms with Crippen molar-refractivity contribution in [3.8, 4) is 5.75 Å². The number of nitrogens with zero attached hydrogens (tertiary/aromatic N) is 1. The molecule has 0 radical (unpaired) electrons. The first-order valence-electron chi connectivity index (χ1n) is 7.30. The van der Waals surface area contributed by atoms with E-state index in [9.17, 15) is 4.39 Å². The highest BCUT2D eigenvalue weighted by molar-refractivity contribution is 5.63. The summed E-state index contributed by atoms with van der Waals surface area (Å²) in [6, 6.07) is 13.3. The molecule has 2 aromatic carbocycles. The largest absolute Gasteiger partial charge is 0.464 e. The predicted molar refractivity (Wildman–Crippen MR) is 83.0 cm³/mol. The SMILES string of the molecule is C[C@H]1Oc2c(F)cc(CCOCc3ccccc3)cc2N1N. The van der Waals surface area contributed by atoms with E-state index in [1.54, 1.807) is 6.92 Å². The molecule has 116 valence electrons. The van der Waals surface area contributed by atoms with Gasteiger partial charge in [0.1, 0.15) is 5.69 Å². The number of halogens is 1. The van der Waals surface area contributed by atoms with Crippen LogP contribution in [0.4, 0.5) is 10.1 Å². The maximum atomic E-state index is 14.0. The molecule has 1 aliphatic rings. The summed E-state index contributed by atoms with van der Waals surface area (Å²) in [6.07, 6.45) is 0.272. The molecule has 3 rings (SSSR count). The molecule has 0 aliphatic carbocycles. The molecule has 0 aromatic heterocycles. The van der Waals surface area contributed by atoms with Crippen LogP contribution in [0.15, 0.2) is 42.5 Å². The van der Waals surface area contributed by atoms with Crippen molar-refractivity contribution in [3.63, 3.8) is 0 Å². The second kappa shape index (κ2) is 6.34. The zero-order valence-corrected chi connectivity index (χ0v) is 12.5. The maximum absolute atomic E-state index is 14.0. The van der Waals surface area contributed by atoms with Crippen LogP contribution in [-0.4, -0.2) is 12.8 Å². The van der Waals surface area contributed by atoms with Gasteiger partial charge in [-0.05, 0) is 36.6 Å². The fraction of sp³-hybridized carbons (Fsp3) is 0.294. The van der Waals surface area contributed by atoms with Gasteiger partial charge in [-0.1, -0.05) is 30.3 Å². The normalized spacial score (nSPS) is 16.5. The van der Waals surface area contributed by atoms with Crippen molar-refractivity contribution < 1.29 is 13.9 Å². The molecule has 0 bridgehead atoms. The Balaban J connectivity index is 1.59. The molecule has 5 heteroatoms. The lowest BCUT2D eigenvalue weighted by molar-refractivity contribution is 0.124. The van der Waals surface area contributed by atoms with E-state index >= 15 is 0 Å². The van der Waals surface area contributed by atoms with Gasteiger partial charge >= 0.3 is 0 Å². The molecule has 0 amide bonds. The number of anilines is 1. The van der Waals surface area contributed by atoms with Gasteiger partial charge in [-0.2, -0.15) is 0 Å². The Hall–Kier alpha value is -2.11. The van der Waals surface area contributed by atoms with Crippen LogP contribution in [0.25, 0.3) is 0 Å². The second-order valence-corrected chi connectivity index (χ2v) is 5.34. The van der Waals surface area contributed by atoms with Crippen LogP contribution in [0, 0.1) is 5.82 Å². The van der Waals surface area contributed by atoms with Crippen LogP contribution in [0.1, 0.15) is 18.1 Å². The van der Waals surface area contributed by atoms with E-state index in [0.717, 1.165) is 11.1 Å². The first-order valence-corrected chi connectivity index (χ1v) is 7.30. The molecule has 0 spiro atoms. The van der Waals surface area contributed by atoms with E-state index in [0.29, 0.717) is 25.3 Å². The van der Waals surface area contributed by atoms with Crippen molar-refractivity contribution in [1.82, 2.24) is 0 Å². The number of benzene rings is 2. The zero-order valence-electron chi connectivity index (χ0n) is 12.5. The van der Waals surface area contributed by atoms with Gasteiger partial charge < -0.3 is 9.47 Å². The van der Waals surface area contributed by atoms with Crippen molar-refractivity contribution in [3.05, 3.63) is 59.4 Å². The van der Waals surface area contributed by atoms with Crippen molar-refractivity contribution in [2.75, 3.05) is 11.6 Å². The van der Waals surface area contributed by atoms with Crippen molar-refractivity contribution in [2.45, 2.75) is 26.2 Å². The number of rotatable bonds is 5. The van der Waals surface area contributed by atoms with E-state index < -0.39 is 0 Å². The summed E-state index contributed by atoms with van der Waals surface area (Å²) in [5, 5.41) is 1.44. The minimum Gasteiger partial charge on any atom is -0.464 e. The molecular formula is C17H19FN2O2. The average Bonchev–Trinajstić information content (AvgIpc) is 2.81. The molecule has 1 atom stereocenters. The fourth-order valence-electron chi connectivity index (χ4n) is 2.46.